The summed E-state index contributed by atoms with van der Waals surface area (Å²) in [6, 6.07) is 18.4. The lowest BCUT2D eigenvalue weighted by atomic mass is 10.1. The Morgan fingerprint density at radius 3 is 2.24 bits per heavy atom. The second kappa shape index (κ2) is 14.6. The predicted octanol–water partition coefficient (Wildman–Crippen LogP) is 5.92. The zero-order valence-electron chi connectivity index (χ0n) is 23.5. The van der Waals surface area contributed by atoms with Crippen LogP contribution in [0.5, 0.6) is 5.75 Å². The fraction of sp³-hybridized carbons (Fsp3) is 0.333. The second-order valence-electron chi connectivity index (χ2n) is 9.54. The standard InChI is InChI=1S/C30H35Cl2N3O5S/c1-5-21(3)33-30(37)28(6-2)34(19-22-11-10-12-24(17-22)40-4)29(36)20-35(23-15-16-26(31)27(32)18-23)41(38,39)25-13-8-7-9-14-25/h7-18,21,28H,5-6,19-20H2,1-4H3,(H,33,37)/t21-,28+/m1/s1. The summed E-state index contributed by atoms with van der Waals surface area (Å²) in [5.74, 6) is -0.286. The molecule has 3 rings (SSSR count). The summed E-state index contributed by atoms with van der Waals surface area (Å²) in [5, 5.41) is 3.34. The number of anilines is 1. The van der Waals surface area contributed by atoms with Crippen LogP contribution in [0.3, 0.4) is 0 Å². The van der Waals surface area contributed by atoms with Crippen LogP contribution >= 0.6 is 23.2 Å². The van der Waals surface area contributed by atoms with E-state index >= 15 is 0 Å². The van der Waals surface area contributed by atoms with Crippen molar-refractivity contribution in [1.29, 1.82) is 0 Å². The Morgan fingerprint density at radius 2 is 1.63 bits per heavy atom. The number of carbonyl (C=O) groups is 2. The lowest BCUT2D eigenvalue weighted by molar-refractivity contribution is -0.140. The number of amides is 2. The predicted molar refractivity (Wildman–Crippen MR) is 163 cm³/mol. The molecule has 0 fully saturated rings. The SMILES string of the molecule is CC[C@@H](C)NC(=O)[C@H](CC)N(Cc1cccc(OC)c1)C(=O)CN(c1ccc(Cl)c(Cl)c1)S(=O)(=O)c1ccccc1. The van der Waals surface area contributed by atoms with E-state index in [1.54, 1.807) is 43.5 Å². The molecule has 220 valence electrons. The zero-order chi connectivity index (χ0) is 30.2. The first kappa shape index (κ1) is 32.2. The van der Waals surface area contributed by atoms with Gasteiger partial charge in [0.1, 0.15) is 18.3 Å². The van der Waals surface area contributed by atoms with E-state index in [0.717, 1.165) is 9.87 Å². The highest BCUT2D eigenvalue weighted by Crippen LogP contribution is 2.31. The van der Waals surface area contributed by atoms with E-state index in [0.29, 0.717) is 18.6 Å². The molecule has 0 spiro atoms. The molecular weight excluding hydrogens is 585 g/mol. The van der Waals surface area contributed by atoms with Crippen LogP contribution in [0.1, 0.15) is 39.2 Å². The van der Waals surface area contributed by atoms with E-state index in [1.165, 1.54) is 35.2 Å². The largest absolute Gasteiger partial charge is 0.497 e. The first-order chi connectivity index (χ1) is 19.5. The second-order valence-corrected chi connectivity index (χ2v) is 12.2. The fourth-order valence-electron chi connectivity index (χ4n) is 4.22. The van der Waals surface area contributed by atoms with Crippen molar-refractivity contribution in [2.45, 2.75) is 57.1 Å². The number of sulfonamides is 1. The van der Waals surface area contributed by atoms with E-state index in [4.69, 9.17) is 27.9 Å². The maximum Gasteiger partial charge on any atom is 0.264 e. The van der Waals surface area contributed by atoms with Crippen molar-refractivity contribution in [1.82, 2.24) is 10.2 Å². The van der Waals surface area contributed by atoms with Gasteiger partial charge in [0.2, 0.25) is 11.8 Å². The molecule has 3 aromatic carbocycles. The number of nitrogens with zero attached hydrogens (tertiary/aromatic N) is 2. The van der Waals surface area contributed by atoms with Gasteiger partial charge in [-0.3, -0.25) is 13.9 Å². The molecule has 0 heterocycles. The lowest BCUT2D eigenvalue weighted by Gasteiger charge is -2.33. The highest BCUT2D eigenvalue weighted by Gasteiger charge is 2.34. The van der Waals surface area contributed by atoms with Crippen LogP contribution in [-0.4, -0.2) is 50.9 Å². The van der Waals surface area contributed by atoms with Crippen molar-refractivity contribution in [3.05, 3.63) is 88.4 Å². The molecule has 0 aromatic heterocycles. The van der Waals surface area contributed by atoms with E-state index in [9.17, 15) is 18.0 Å². The minimum Gasteiger partial charge on any atom is -0.497 e. The number of halogens is 2. The highest BCUT2D eigenvalue weighted by molar-refractivity contribution is 7.92. The van der Waals surface area contributed by atoms with E-state index in [1.807, 2.05) is 26.8 Å². The Bertz CT molecular complexity index is 1450. The first-order valence-electron chi connectivity index (χ1n) is 13.3. The number of rotatable bonds is 13. The van der Waals surface area contributed by atoms with Gasteiger partial charge in [0.25, 0.3) is 10.0 Å². The molecule has 0 bridgehead atoms. The Morgan fingerprint density at radius 1 is 0.927 bits per heavy atom. The van der Waals surface area contributed by atoms with Crippen LogP contribution in [0, 0.1) is 0 Å². The van der Waals surface area contributed by atoms with Crippen molar-refractivity contribution >= 4 is 50.7 Å². The molecule has 0 aliphatic heterocycles. The van der Waals surface area contributed by atoms with Gasteiger partial charge in [-0.15, -0.1) is 0 Å². The van der Waals surface area contributed by atoms with Crippen molar-refractivity contribution in [2.24, 2.45) is 0 Å². The molecule has 3 aromatic rings. The van der Waals surface area contributed by atoms with Crippen molar-refractivity contribution in [3.8, 4) is 5.75 Å². The quantitative estimate of drug-likeness (QED) is 0.256. The summed E-state index contributed by atoms with van der Waals surface area (Å²) in [7, 11) is -2.67. The van der Waals surface area contributed by atoms with Gasteiger partial charge in [0, 0.05) is 12.6 Å². The maximum absolute atomic E-state index is 14.1. The Hall–Kier alpha value is -3.27. The van der Waals surface area contributed by atoms with Crippen molar-refractivity contribution in [3.63, 3.8) is 0 Å². The molecule has 0 saturated heterocycles. The van der Waals surface area contributed by atoms with Gasteiger partial charge in [0.05, 0.1) is 27.7 Å². The smallest absolute Gasteiger partial charge is 0.264 e. The summed E-state index contributed by atoms with van der Waals surface area (Å²) in [6.45, 7) is 5.13. The Kier molecular flexibility index (Phi) is 11.5. The molecule has 0 aliphatic carbocycles. The minimum atomic E-state index is -4.21. The fourth-order valence-corrected chi connectivity index (χ4v) is 5.94. The van der Waals surface area contributed by atoms with Crippen LogP contribution < -0.4 is 14.4 Å². The summed E-state index contributed by atoms with van der Waals surface area (Å²) < 4.78 is 34.1. The Labute approximate surface area is 252 Å². The van der Waals surface area contributed by atoms with Gasteiger partial charge in [-0.05, 0) is 67.8 Å². The average Bonchev–Trinajstić information content (AvgIpc) is 2.97. The van der Waals surface area contributed by atoms with Crippen LogP contribution in [-0.2, 0) is 26.2 Å². The number of benzene rings is 3. The molecule has 8 nitrogen and oxygen atoms in total. The average molecular weight is 621 g/mol. The minimum absolute atomic E-state index is 0.000210. The van der Waals surface area contributed by atoms with Gasteiger partial charge in [-0.1, -0.05) is 67.4 Å². The van der Waals surface area contributed by atoms with Gasteiger partial charge in [-0.25, -0.2) is 8.42 Å². The van der Waals surface area contributed by atoms with Crippen LogP contribution in [0.2, 0.25) is 10.0 Å². The number of ether oxygens (including phenoxy) is 1. The molecule has 41 heavy (non-hydrogen) atoms. The van der Waals surface area contributed by atoms with E-state index < -0.39 is 28.5 Å². The van der Waals surface area contributed by atoms with Gasteiger partial charge in [0.15, 0.2) is 0 Å². The summed E-state index contributed by atoms with van der Waals surface area (Å²) in [5.41, 5.74) is 0.884. The van der Waals surface area contributed by atoms with Crippen LogP contribution in [0.25, 0.3) is 0 Å². The van der Waals surface area contributed by atoms with E-state index in [-0.39, 0.29) is 39.1 Å². The molecule has 1 N–H and O–H groups in total. The molecule has 0 saturated carbocycles. The first-order valence-corrected chi connectivity index (χ1v) is 15.5. The van der Waals surface area contributed by atoms with Gasteiger partial charge >= 0.3 is 0 Å². The zero-order valence-corrected chi connectivity index (χ0v) is 25.8. The number of methoxy groups -OCH3 is 1. The van der Waals surface area contributed by atoms with E-state index in [2.05, 4.69) is 5.32 Å². The van der Waals surface area contributed by atoms with Gasteiger partial charge < -0.3 is 15.0 Å². The van der Waals surface area contributed by atoms with Crippen LogP contribution in [0.4, 0.5) is 5.69 Å². The van der Waals surface area contributed by atoms with Gasteiger partial charge in [-0.2, -0.15) is 0 Å². The summed E-state index contributed by atoms with van der Waals surface area (Å²) in [4.78, 5) is 28.9. The molecule has 2 amide bonds. The molecular formula is C30H35Cl2N3O5S. The molecule has 0 aliphatic rings. The topological polar surface area (TPSA) is 96.0 Å². The normalized spacial score (nSPS) is 12.7. The number of carbonyl (C=O) groups excluding carboxylic acids is 2. The molecule has 2 atom stereocenters. The lowest BCUT2D eigenvalue weighted by Crippen LogP contribution is -2.53. The summed E-state index contributed by atoms with van der Waals surface area (Å²) >= 11 is 12.4. The molecule has 0 unspecified atom stereocenters. The monoisotopic (exact) mass is 619 g/mol. The molecule has 0 radical (unpaired) electrons. The Balaban J connectivity index is 2.08. The summed E-state index contributed by atoms with van der Waals surface area (Å²) in [6.07, 6.45) is 1.03. The molecule has 11 heteroatoms. The number of hydrogen-bond acceptors (Lipinski definition) is 5. The van der Waals surface area contributed by atoms with Crippen molar-refractivity contribution < 1.29 is 22.7 Å². The third-order valence-corrected chi connectivity index (χ3v) is 9.20. The number of nitrogens with one attached hydrogen (secondary N) is 1. The van der Waals surface area contributed by atoms with Crippen LogP contribution in [0.15, 0.2) is 77.7 Å². The third kappa shape index (κ3) is 8.15. The highest BCUT2D eigenvalue weighted by atomic mass is 35.5. The third-order valence-electron chi connectivity index (χ3n) is 6.68. The van der Waals surface area contributed by atoms with Crippen molar-refractivity contribution in [2.75, 3.05) is 18.0 Å². The number of hydrogen-bond donors (Lipinski definition) is 1. The maximum atomic E-state index is 14.1.